The van der Waals surface area contributed by atoms with Gasteiger partial charge < -0.3 is 10.1 Å². The lowest BCUT2D eigenvalue weighted by Crippen LogP contribution is -2.13. The molecule has 0 aliphatic heterocycles. The van der Waals surface area contributed by atoms with Crippen molar-refractivity contribution >= 4 is 11.7 Å². The largest absolute Gasteiger partial charge is 0.462 e. The monoisotopic (exact) mass is 351 g/mol. The van der Waals surface area contributed by atoms with Crippen LogP contribution in [0.1, 0.15) is 34.5 Å². The third-order valence-corrected chi connectivity index (χ3v) is 3.80. The van der Waals surface area contributed by atoms with Gasteiger partial charge in [0.1, 0.15) is 5.82 Å². The third kappa shape index (κ3) is 4.22. The molecule has 6 heteroatoms. The number of anilines is 1. The van der Waals surface area contributed by atoms with Crippen molar-refractivity contribution in [3.8, 4) is 0 Å². The number of aromatic nitrogens is 2. The molecule has 0 saturated heterocycles. The van der Waals surface area contributed by atoms with Gasteiger partial charge in [-0.1, -0.05) is 12.1 Å². The minimum atomic E-state index is -0.425. The van der Waals surface area contributed by atoms with Crippen LogP contribution in [0, 0.1) is 5.82 Å². The number of hydrogen-bond donors (Lipinski definition) is 1. The van der Waals surface area contributed by atoms with Gasteiger partial charge in [-0.3, -0.25) is 9.97 Å². The highest BCUT2D eigenvalue weighted by molar-refractivity contribution is 5.90. The Bertz CT molecular complexity index is 870. The van der Waals surface area contributed by atoms with Gasteiger partial charge in [-0.2, -0.15) is 0 Å². The Labute approximate surface area is 150 Å². The molecule has 0 aliphatic rings. The van der Waals surface area contributed by atoms with Crippen LogP contribution in [0.4, 0.5) is 10.1 Å². The zero-order chi connectivity index (χ0) is 18.4. The van der Waals surface area contributed by atoms with Crippen LogP contribution in [-0.4, -0.2) is 22.5 Å². The van der Waals surface area contributed by atoms with Gasteiger partial charge in [0.2, 0.25) is 0 Å². The first kappa shape index (κ1) is 17.5. The number of halogens is 1. The lowest BCUT2D eigenvalue weighted by Gasteiger charge is -2.21. The number of esters is 1. The fraction of sp³-hybridized carbons (Fsp3) is 0.150. The van der Waals surface area contributed by atoms with Gasteiger partial charge in [0, 0.05) is 18.6 Å². The summed E-state index contributed by atoms with van der Waals surface area (Å²) < 4.78 is 18.3. The number of carbonyl (C=O) groups excluding carboxylic acids is 1. The van der Waals surface area contributed by atoms with Gasteiger partial charge in [-0.15, -0.1) is 0 Å². The van der Waals surface area contributed by atoms with E-state index in [1.54, 1.807) is 43.7 Å². The first-order chi connectivity index (χ1) is 12.7. The highest BCUT2D eigenvalue weighted by Crippen LogP contribution is 2.26. The molecule has 132 valence electrons. The molecular formula is C20H18FN3O2. The van der Waals surface area contributed by atoms with Crippen molar-refractivity contribution in [3.05, 3.63) is 89.8 Å². The van der Waals surface area contributed by atoms with Crippen molar-refractivity contribution in [1.29, 1.82) is 0 Å². The number of nitrogens with one attached hydrogen (secondary N) is 1. The van der Waals surface area contributed by atoms with Crippen molar-refractivity contribution in [3.63, 3.8) is 0 Å². The third-order valence-electron chi connectivity index (χ3n) is 3.80. The molecule has 26 heavy (non-hydrogen) atoms. The van der Waals surface area contributed by atoms with Crippen molar-refractivity contribution in [2.24, 2.45) is 0 Å². The van der Waals surface area contributed by atoms with E-state index in [4.69, 9.17) is 4.74 Å². The SMILES string of the molecule is CCOC(=O)c1cncc(NC(c2ccncc2)c2ccc(F)cc2)c1. The number of benzene rings is 1. The summed E-state index contributed by atoms with van der Waals surface area (Å²) in [5.74, 6) is -0.723. The predicted molar refractivity (Wildman–Crippen MR) is 96.3 cm³/mol. The maximum Gasteiger partial charge on any atom is 0.339 e. The van der Waals surface area contributed by atoms with Gasteiger partial charge in [-0.25, -0.2) is 9.18 Å². The van der Waals surface area contributed by atoms with E-state index >= 15 is 0 Å². The number of carbonyl (C=O) groups is 1. The molecule has 1 aromatic carbocycles. The summed E-state index contributed by atoms with van der Waals surface area (Å²) in [5.41, 5.74) is 2.85. The zero-order valence-electron chi connectivity index (χ0n) is 14.2. The number of ether oxygens (including phenoxy) is 1. The molecule has 0 fully saturated rings. The van der Waals surface area contributed by atoms with Crippen LogP contribution in [0.15, 0.2) is 67.3 Å². The Balaban J connectivity index is 1.92. The molecule has 5 nitrogen and oxygen atoms in total. The average molecular weight is 351 g/mol. The van der Waals surface area contributed by atoms with Crippen LogP contribution in [0.25, 0.3) is 0 Å². The minimum absolute atomic E-state index is 0.252. The van der Waals surface area contributed by atoms with Crippen LogP contribution < -0.4 is 5.32 Å². The first-order valence-electron chi connectivity index (χ1n) is 8.21. The lowest BCUT2D eigenvalue weighted by atomic mass is 9.99. The molecular weight excluding hydrogens is 333 g/mol. The van der Waals surface area contributed by atoms with Crippen LogP contribution in [0.2, 0.25) is 0 Å². The van der Waals surface area contributed by atoms with Crippen molar-refractivity contribution in [1.82, 2.24) is 9.97 Å². The smallest absolute Gasteiger partial charge is 0.339 e. The topological polar surface area (TPSA) is 64.1 Å². The molecule has 0 radical (unpaired) electrons. The summed E-state index contributed by atoms with van der Waals surface area (Å²) in [6, 6.07) is 11.5. The van der Waals surface area contributed by atoms with E-state index in [2.05, 4.69) is 15.3 Å². The van der Waals surface area contributed by atoms with Crippen molar-refractivity contribution < 1.29 is 13.9 Å². The molecule has 1 atom stereocenters. The highest BCUT2D eigenvalue weighted by atomic mass is 19.1. The van der Waals surface area contributed by atoms with Gasteiger partial charge in [0.15, 0.2) is 0 Å². The number of nitrogens with zero attached hydrogens (tertiary/aromatic N) is 2. The molecule has 0 aliphatic carbocycles. The number of rotatable bonds is 6. The van der Waals surface area contributed by atoms with Crippen LogP contribution in [0.5, 0.6) is 0 Å². The Morgan fingerprint density at radius 1 is 1.08 bits per heavy atom. The maximum atomic E-state index is 13.3. The van der Waals surface area contributed by atoms with E-state index < -0.39 is 5.97 Å². The second kappa shape index (κ2) is 8.20. The van der Waals surface area contributed by atoms with Crippen LogP contribution in [0.3, 0.4) is 0 Å². The second-order valence-corrected chi connectivity index (χ2v) is 5.59. The van der Waals surface area contributed by atoms with E-state index in [1.165, 1.54) is 18.3 Å². The normalized spacial score (nSPS) is 11.6. The van der Waals surface area contributed by atoms with Gasteiger partial charge in [0.25, 0.3) is 0 Å². The summed E-state index contributed by atoms with van der Waals surface area (Å²) in [5, 5.41) is 3.35. The molecule has 1 N–H and O–H groups in total. The molecule has 0 amide bonds. The van der Waals surface area contributed by atoms with E-state index in [-0.39, 0.29) is 11.9 Å². The molecule has 0 saturated carbocycles. The summed E-state index contributed by atoms with van der Waals surface area (Å²) in [6.45, 7) is 2.05. The highest BCUT2D eigenvalue weighted by Gasteiger charge is 2.16. The summed E-state index contributed by atoms with van der Waals surface area (Å²) in [6.07, 6.45) is 6.48. The van der Waals surface area contributed by atoms with E-state index in [1.807, 2.05) is 12.1 Å². The molecule has 2 aromatic heterocycles. The maximum absolute atomic E-state index is 13.3. The molecule has 0 bridgehead atoms. The molecule has 3 rings (SSSR count). The molecule has 3 aromatic rings. The first-order valence-corrected chi connectivity index (χ1v) is 8.21. The van der Waals surface area contributed by atoms with Crippen LogP contribution >= 0.6 is 0 Å². The molecule has 1 unspecified atom stereocenters. The van der Waals surface area contributed by atoms with E-state index in [0.29, 0.717) is 17.9 Å². The minimum Gasteiger partial charge on any atom is -0.462 e. The Kier molecular flexibility index (Phi) is 5.53. The lowest BCUT2D eigenvalue weighted by molar-refractivity contribution is 0.0526. The quantitative estimate of drug-likeness (QED) is 0.680. The number of hydrogen-bond acceptors (Lipinski definition) is 5. The van der Waals surface area contributed by atoms with Gasteiger partial charge in [0.05, 0.1) is 30.1 Å². The predicted octanol–water partition coefficient (Wildman–Crippen LogP) is 3.99. The average Bonchev–Trinajstić information content (AvgIpc) is 2.68. The second-order valence-electron chi connectivity index (χ2n) is 5.59. The van der Waals surface area contributed by atoms with E-state index in [0.717, 1.165) is 11.1 Å². The summed E-state index contributed by atoms with van der Waals surface area (Å²) in [4.78, 5) is 20.1. The Morgan fingerprint density at radius 2 is 1.77 bits per heavy atom. The zero-order valence-corrected chi connectivity index (χ0v) is 14.2. The van der Waals surface area contributed by atoms with Crippen LogP contribution in [-0.2, 0) is 4.74 Å². The molecule has 0 spiro atoms. The summed E-state index contributed by atoms with van der Waals surface area (Å²) >= 11 is 0. The molecule has 2 heterocycles. The van der Waals surface area contributed by atoms with Gasteiger partial charge in [-0.05, 0) is 48.4 Å². The van der Waals surface area contributed by atoms with Crippen molar-refractivity contribution in [2.75, 3.05) is 11.9 Å². The van der Waals surface area contributed by atoms with Crippen molar-refractivity contribution in [2.45, 2.75) is 13.0 Å². The van der Waals surface area contributed by atoms with Gasteiger partial charge >= 0.3 is 5.97 Å². The van der Waals surface area contributed by atoms with E-state index in [9.17, 15) is 9.18 Å². The fourth-order valence-corrected chi connectivity index (χ4v) is 2.58. The Hall–Kier alpha value is -3.28. The summed E-state index contributed by atoms with van der Waals surface area (Å²) in [7, 11) is 0. The fourth-order valence-electron chi connectivity index (χ4n) is 2.58. The standard InChI is InChI=1S/C20H18FN3O2/c1-2-26-20(25)16-11-18(13-23-12-16)24-19(15-7-9-22-10-8-15)14-3-5-17(21)6-4-14/h3-13,19,24H,2H2,1H3. The number of pyridine rings is 2. The Morgan fingerprint density at radius 3 is 2.46 bits per heavy atom.